The van der Waals surface area contributed by atoms with Gasteiger partial charge in [-0.25, -0.2) is 4.98 Å². The second-order valence-electron chi connectivity index (χ2n) is 7.10. The zero-order valence-corrected chi connectivity index (χ0v) is 18.6. The summed E-state index contributed by atoms with van der Waals surface area (Å²) in [5, 5.41) is 13.2. The van der Waals surface area contributed by atoms with E-state index < -0.39 is 0 Å². The van der Waals surface area contributed by atoms with Gasteiger partial charge in [-0.1, -0.05) is 36.0 Å². The van der Waals surface area contributed by atoms with Gasteiger partial charge in [0, 0.05) is 11.3 Å². The highest BCUT2D eigenvalue weighted by atomic mass is 32.2. The van der Waals surface area contributed by atoms with Gasteiger partial charge < -0.3 is 20.1 Å². The van der Waals surface area contributed by atoms with E-state index in [4.69, 9.17) is 4.74 Å². The molecule has 0 fully saturated rings. The summed E-state index contributed by atoms with van der Waals surface area (Å²) in [5.74, 6) is 0.234. The normalized spacial score (nSPS) is 11.1. The van der Waals surface area contributed by atoms with Crippen LogP contribution in [0, 0.1) is 0 Å². The van der Waals surface area contributed by atoms with Crippen molar-refractivity contribution in [3.63, 3.8) is 0 Å². The third kappa shape index (κ3) is 5.61. The number of phenols is 1. The number of hydrogen-bond donors (Lipinski definition) is 3. The number of ether oxygens (including phenoxy) is 1. The Labute approximate surface area is 194 Å². The molecule has 33 heavy (non-hydrogen) atoms. The summed E-state index contributed by atoms with van der Waals surface area (Å²) in [6.45, 7) is 0. The molecule has 0 atom stereocenters. The lowest BCUT2D eigenvalue weighted by Crippen LogP contribution is -2.14. The first-order valence-corrected chi connectivity index (χ1v) is 11.1. The Morgan fingerprint density at radius 1 is 1.12 bits per heavy atom. The number of rotatable bonds is 8. The van der Waals surface area contributed by atoms with E-state index in [1.807, 2.05) is 24.3 Å². The van der Waals surface area contributed by atoms with Crippen LogP contribution in [-0.2, 0) is 4.79 Å². The quantitative estimate of drug-likeness (QED) is 0.197. The van der Waals surface area contributed by atoms with Crippen LogP contribution >= 0.6 is 11.8 Å². The van der Waals surface area contributed by atoms with Crippen LogP contribution < -0.4 is 10.1 Å². The summed E-state index contributed by atoms with van der Waals surface area (Å²) >= 11 is 1.32. The van der Waals surface area contributed by atoms with E-state index in [2.05, 4.69) is 15.3 Å². The van der Waals surface area contributed by atoms with Crippen molar-refractivity contribution in [1.29, 1.82) is 0 Å². The second-order valence-corrected chi connectivity index (χ2v) is 8.07. The molecule has 1 heterocycles. The van der Waals surface area contributed by atoms with E-state index >= 15 is 0 Å². The molecule has 166 valence electrons. The van der Waals surface area contributed by atoms with Gasteiger partial charge in [0.25, 0.3) is 0 Å². The second kappa shape index (κ2) is 10.1. The summed E-state index contributed by atoms with van der Waals surface area (Å²) in [6, 6.07) is 19.2. The number of aromatic amines is 1. The van der Waals surface area contributed by atoms with Crippen molar-refractivity contribution in [2.75, 3.05) is 18.2 Å². The van der Waals surface area contributed by atoms with E-state index in [0.717, 1.165) is 16.6 Å². The number of amides is 1. The predicted octanol–water partition coefficient (Wildman–Crippen LogP) is 4.90. The number of ketones is 1. The topological polar surface area (TPSA) is 104 Å². The Balaban J connectivity index is 1.31. The first kappa shape index (κ1) is 22.2. The molecular formula is C25H21N3O4S. The van der Waals surface area contributed by atoms with Gasteiger partial charge in [0.2, 0.25) is 5.91 Å². The van der Waals surface area contributed by atoms with Gasteiger partial charge in [0.05, 0.1) is 23.9 Å². The minimum Gasteiger partial charge on any atom is -0.504 e. The van der Waals surface area contributed by atoms with Crippen LogP contribution in [0.4, 0.5) is 5.69 Å². The van der Waals surface area contributed by atoms with Gasteiger partial charge in [0.15, 0.2) is 22.4 Å². The molecule has 0 spiro atoms. The number of nitrogens with one attached hydrogen (secondary N) is 2. The lowest BCUT2D eigenvalue weighted by Gasteiger charge is -2.05. The number of nitrogens with zero attached hydrogens (tertiary/aromatic N) is 1. The summed E-state index contributed by atoms with van der Waals surface area (Å²) < 4.78 is 5.07. The molecule has 0 bridgehead atoms. The first-order chi connectivity index (χ1) is 16.0. The molecule has 3 aromatic carbocycles. The van der Waals surface area contributed by atoms with Crippen LogP contribution in [0.2, 0.25) is 0 Å². The highest BCUT2D eigenvalue weighted by molar-refractivity contribution is 7.99. The van der Waals surface area contributed by atoms with Gasteiger partial charge in [-0.3, -0.25) is 9.59 Å². The van der Waals surface area contributed by atoms with Gasteiger partial charge in [0.1, 0.15) is 0 Å². The van der Waals surface area contributed by atoms with E-state index in [-0.39, 0.29) is 23.2 Å². The molecule has 0 unspecified atom stereocenters. The van der Waals surface area contributed by atoms with E-state index in [9.17, 15) is 14.7 Å². The fourth-order valence-electron chi connectivity index (χ4n) is 3.11. The summed E-state index contributed by atoms with van der Waals surface area (Å²) in [6.07, 6.45) is 3.10. The van der Waals surface area contributed by atoms with Crippen LogP contribution in [0.15, 0.2) is 78.0 Å². The number of hydrogen-bond acceptors (Lipinski definition) is 6. The lowest BCUT2D eigenvalue weighted by molar-refractivity contribution is -0.113. The van der Waals surface area contributed by atoms with Crippen LogP contribution in [0.25, 0.3) is 17.1 Å². The number of phenolic OH excluding ortho intramolecular Hbond substituents is 1. The minimum atomic E-state index is -0.180. The highest BCUT2D eigenvalue weighted by Crippen LogP contribution is 2.27. The first-order valence-electron chi connectivity index (χ1n) is 10.1. The maximum Gasteiger partial charge on any atom is 0.234 e. The number of anilines is 1. The molecule has 0 aliphatic rings. The smallest absolute Gasteiger partial charge is 0.234 e. The highest BCUT2D eigenvalue weighted by Gasteiger charge is 2.08. The third-order valence-electron chi connectivity index (χ3n) is 4.79. The number of thioether (sulfide) groups is 1. The SMILES string of the molecule is COc1cc(/C=C/C(=O)c2ccc(NC(=O)CSc3nc4ccccc4[nH]3)cc2)ccc1O. The number of methoxy groups -OCH3 is 1. The number of aromatic nitrogens is 2. The predicted molar refractivity (Wildman–Crippen MR) is 130 cm³/mol. The Kier molecular flexibility index (Phi) is 6.75. The van der Waals surface area contributed by atoms with Gasteiger partial charge >= 0.3 is 0 Å². The molecule has 0 radical (unpaired) electrons. The van der Waals surface area contributed by atoms with Crippen LogP contribution in [0.1, 0.15) is 15.9 Å². The zero-order chi connectivity index (χ0) is 23.2. The number of fused-ring (bicyclic) bond motifs is 1. The van der Waals surface area contributed by atoms with Crippen LogP contribution in [-0.4, -0.2) is 39.6 Å². The molecule has 7 nitrogen and oxygen atoms in total. The third-order valence-corrected chi connectivity index (χ3v) is 5.67. The van der Waals surface area contributed by atoms with Gasteiger partial charge in [-0.2, -0.15) is 0 Å². The number of carbonyl (C=O) groups is 2. The molecule has 0 aliphatic heterocycles. The fraction of sp³-hybridized carbons (Fsp3) is 0.0800. The van der Waals surface area contributed by atoms with E-state index in [0.29, 0.717) is 22.2 Å². The Morgan fingerprint density at radius 2 is 1.91 bits per heavy atom. The number of imidazole rings is 1. The van der Waals surface area contributed by atoms with E-state index in [1.54, 1.807) is 42.5 Å². The lowest BCUT2D eigenvalue weighted by atomic mass is 10.1. The zero-order valence-electron chi connectivity index (χ0n) is 17.7. The van der Waals surface area contributed by atoms with Crippen molar-refractivity contribution in [2.24, 2.45) is 0 Å². The minimum absolute atomic E-state index is 0.0367. The monoisotopic (exact) mass is 459 g/mol. The van der Waals surface area contributed by atoms with Crippen LogP contribution in [0.3, 0.4) is 0 Å². The number of allylic oxidation sites excluding steroid dienone is 1. The molecule has 0 saturated carbocycles. The van der Waals surface area contributed by atoms with Crippen LogP contribution in [0.5, 0.6) is 11.5 Å². The summed E-state index contributed by atoms with van der Waals surface area (Å²) in [4.78, 5) is 32.3. The standard InChI is InChI=1S/C25H21N3O4S/c1-32-23-14-16(7-13-22(23)30)6-12-21(29)17-8-10-18(11-9-17)26-24(31)15-33-25-27-19-4-2-3-5-20(19)28-25/h2-14,30H,15H2,1H3,(H,26,31)(H,27,28)/b12-6+. The van der Waals surface area contributed by atoms with Crippen molar-refractivity contribution < 1.29 is 19.4 Å². The maximum atomic E-state index is 12.4. The van der Waals surface area contributed by atoms with Crippen molar-refractivity contribution in [1.82, 2.24) is 9.97 Å². The van der Waals surface area contributed by atoms with Gasteiger partial charge in [-0.15, -0.1) is 0 Å². The van der Waals surface area contributed by atoms with Crippen molar-refractivity contribution >= 4 is 46.2 Å². The fourth-order valence-corrected chi connectivity index (χ4v) is 3.80. The Bertz CT molecular complexity index is 1300. The summed E-state index contributed by atoms with van der Waals surface area (Å²) in [5.41, 5.74) is 3.61. The molecule has 1 aromatic heterocycles. The molecule has 4 rings (SSSR count). The van der Waals surface area contributed by atoms with Crippen molar-refractivity contribution in [2.45, 2.75) is 5.16 Å². The van der Waals surface area contributed by atoms with Crippen molar-refractivity contribution in [3.05, 3.63) is 83.9 Å². The summed E-state index contributed by atoms with van der Waals surface area (Å²) in [7, 11) is 1.46. The molecular weight excluding hydrogens is 438 g/mol. The molecule has 8 heteroatoms. The average molecular weight is 460 g/mol. The number of benzene rings is 3. The molecule has 0 aliphatic carbocycles. The molecule has 3 N–H and O–H groups in total. The average Bonchev–Trinajstić information content (AvgIpc) is 3.25. The van der Waals surface area contributed by atoms with Gasteiger partial charge in [-0.05, 0) is 60.2 Å². The van der Waals surface area contributed by atoms with Crippen molar-refractivity contribution in [3.8, 4) is 11.5 Å². The maximum absolute atomic E-state index is 12.4. The number of aromatic hydroxyl groups is 1. The molecule has 0 saturated heterocycles. The Morgan fingerprint density at radius 3 is 2.67 bits per heavy atom. The molecule has 1 amide bonds. The number of carbonyl (C=O) groups excluding carboxylic acids is 2. The van der Waals surface area contributed by atoms with E-state index in [1.165, 1.54) is 31.0 Å². The Hall–Kier alpha value is -4.04. The largest absolute Gasteiger partial charge is 0.504 e. The number of H-pyrrole nitrogens is 1. The number of para-hydroxylation sites is 2. The molecule has 4 aromatic rings.